The van der Waals surface area contributed by atoms with Crippen molar-refractivity contribution in [1.82, 2.24) is 5.32 Å². The Kier molecular flexibility index (Phi) is 3.40. The highest BCUT2D eigenvalue weighted by atomic mass is 16.1. The molecule has 1 aromatic carbocycles. The van der Waals surface area contributed by atoms with Gasteiger partial charge in [-0.1, -0.05) is 24.3 Å². The van der Waals surface area contributed by atoms with Gasteiger partial charge in [-0.05, 0) is 42.4 Å². The third-order valence-electron chi connectivity index (χ3n) is 3.06. The molecule has 0 aromatic heterocycles. The third kappa shape index (κ3) is 2.32. The standard InChI is InChI=1S/C14H17NO/c1-15-14(16)10-12-8-3-2-6-11-7-4-5-9-13(11)12/h4-5,7,9-10H,2-3,6,8H2,1H3,(H,15,16). The number of carbonyl (C=O) groups excluding carboxylic acids is 1. The first-order valence-corrected chi connectivity index (χ1v) is 5.82. The molecule has 1 aromatic rings. The Morgan fingerprint density at radius 2 is 2.00 bits per heavy atom. The van der Waals surface area contributed by atoms with Crippen molar-refractivity contribution in [2.24, 2.45) is 0 Å². The van der Waals surface area contributed by atoms with Crippen molar-refractivity contribution in [3.8, 4) is 0 Å². The molecule has 1 aliphatic carbocycles. The lowest BCUT2D eigenvalue weighted by Gasteiger charge is -2.08. The second-order valence-electron chi connectivity index (χ2n) is 4.15. The van der Waals surface area contributed by atoms with Crippen LogP contribution in [0.25, 0.3) is 5.57 Å². The molecule has 0 bridgehead atoms. The summed E-state index contributed by atoms with van der Waals surface area (Å²) in [6.07, 6.45) is 6.25. The molecule has 0 aliphatic heterocycles. The minimum atomic E-state index is -0.00768. The Morgan fingerprint density at radius 3 is 2.81 bits per heavy atom. The number of likely N-dealkylation sites (N-methyl/N-ethyl adjacent to an activating group) is 1. The van der Waals surface area contributed by atoms with E-state index in [0.29, 0.717) is 0 Å². The van der Waals surface area contributed by atoms with E-state index in [0.717, 1.165) is 19.3 Å². The Labute approximate surface area is 96.4 Å². The predicted molar refractivity (Wildman–Crippen MR) is 66.0 cm³/mol. The lowest BCUT2D eigenvalue weighted by Crippen LogP contribution is -2.15. The van der Waals surface area contributed by atoms with E-state index in [1.165, 1.54) is 23.1 Å². The number of rotatable bonds is 1. The summed E-state index contributed by atoms with van der Waals surface area (Å²) >= 11 is 0. The first-order chi connectivity index (χ1) is 7.81. The van der Waals surface area contributed by atoms with Crippen LogP contribution in [0, 0.1) is 0 Å². The summed E-state index contributed by atoms with van der Waals surface area (Å²) in [5.74, 6) is -0.00768. The average Bonchev–Trinajstić information content (AvgIpc) is 2.52. The van der Waals surface area contributed by atoms with Crippen molar-refractivity contribution in [1.29, 1.82) is 0 Å². The topological polar surface area (TPSA) is 29.1 Å². The van der Waals surface area contributed by atoms with Gasteiger partial charge in [-0.3, -0.25) is 4.79 Å². The summed E-state index contributed by atoms with van der Waals surface area (Å²) in [5, 5.41) is 2.65. The monoisotopic (exact) mass is 215 g/mol. The first kappa shape index (κ1) is 10.9. The summed E-state index contributed by atoms with van der Waals surface area (Å²) in [6, 6.07) is 8.40. The van der Waals surface area contributed by atoms with Crippen LogP contribution in [0.3, 0.4) is 0 Å². The van der Waals surface area contributed by atoms with Gasteiger partial charge in [-0.25, -0.2) is 0 Å². The molecule has 16 heavy (non-hydrogen) atoms. The number of hydrogen-bond acceptors (Lipinski definition) is 1. The van der Waals surface area contributed by atoms with E-state index in [2.05, 4.69) is 23.5 Å². The fourth-order valence-electron chi connectivity index (χ4n) is 2.20. The second kappa shape index (κ2) is 4.97. The molecular weight excluding hydrogens is 198 g/mol. The Hall–Kier alpha value is -1.57. The van der Waals surface area contributed by atoms with Gasteiger partial charge < -0.3 is 5.32 Å². The lowest BCUT2D eigenvalue weighted by molar-refractivity contribution is -0.116. The molecule has 2 nitrogen and oxygen atoms in total. The number of hydrogen-bond donors (Lipinski definition) is 1. The Balaban J connectivity index is 2.40. The van der Waals surface area contributed by atoms with Gasteiger partial charge in [-0.2, -0.15) is 0 Å². The summed E-state index contributed by atoms with van der Waals surface area (Å²) in [6.45, 7) is 0. The Morgan fingerprint density at radius 1 is 1.25 bits per heavy atom. The summed E-state index contributed by atoms with van der Waals surface area (Å²) in [4.78, 5) is 11.4. The minimum absolute atomic E-state index is 0.00768. The molecule has 2 rings (SSSR count). The Bertz CT molecular complexity index is 420. The van der Waals surface area contributed by atoms with Crippen molar-refractivity contribution in [3.05, 3.63) is 41.5 Å². The van der Waals surface area contributed by atoms with Crippen molar-refractivity contribution < 1.29 is 4.79 Å². The van der Waals surface area contributed by atoms with Gasteiger partial charge in [0.2, 0.25) is 5.91 Å². The van der Waals surface area contributed by atoms with E-state index < -0.39 is 0 Å². The van der Waals surface area contributed by atoms with Crippen LogP contribution in [0.15, 0.2) is 30.3 Å². The molecule has 1 aliphatic rings. The van der Waals surface area contributed by atoms with Crippen molar-refractivity contribution in [2.75, 3.05) is 7.05 Å². The van der Waals surface area contributed by atoms with E-state index in [1.54, 1.807) is 13.1 Å². The summed E-state index contributed by atoms with van der Waals surface area (Å²) in [5.41, 5.74) is 3.80. The van der Waals surface area contributed by atoms with Gasteiger partial charge in [0.1, 0.15) is 0 Å². The van der Waals surface area contributed by atoms with Gasteiger partial charge in [0.15, 0.2) is 0 Å². The normalized spacial score (nSPS) is 17.7. The molecule has 0 heterocycles. The highest BCUT2D eigenvalue weighted by molar-refractivity contribution is 5.95. The van der Waals surface area contributed by atoms with E-state index in [-0.39, 0.29) is 5.91 Å². The number of nitrogens with one attached hydrogen (secondary N) is 1. The van der Waals surface area contributed by atoms with E-state index in [4.69, 9.17) is 0 Å². The SMILES string of the molecule is CNC(=O)C=C1CCCCc2ccccc21. The zero-order chi connectivity index (χ0) is 11.4. The summed E-state index contributed by atoms with van der Waals surface area (Å²) in [7, 11) is 1.67. The van der Waals surface area contributed by atoms with Crippen LogP contribution in [-0.4, -0.2) is 13.0 Å². The van der Waals surface area contributed by atoms with Crippen molar-refractivity contribution in [2.45, 2.75) is 25.7 Å². The molecule has 84 valence electrons. The van der Waals surface area contributed by atoms with Gasteiger partial charge in [0, 0.05) is 13.1 Å². The van der Waals surface area contributed by atoms with Gasteiger partial charge >= 0.3 is 0 Å². The molecule has 0 atom stereocenters. The maximum atomic E-state index is 11.4. The van der Waals surface area contributed by atoms with Crippen LogP contribution in [0.2, 0.25) is 0 Å². The van der Waals surface area contributed by atoms with Gasteiger partial charge in [0.25, 0.3) is 0 Å². The van der Waals surface area contributed by atoms with Gasteiger partial charge in [-0.15, -0.1) is 0 Å². The largest absolute Gasteiger partial charge is 0.356 e. The molecule has 0 unspecified atom stereocenters. The van der Waals surface area contributed by atoms with E-state index >= 15 is 0 Å². The smallest absolute Gasteiger partial charge is 0.244 e. The number of aryl methyl sites for hydroxylation is 1. The van der Waals surface area contributed by atoms with Crippen LogP contribution < -0.4 is 5.32 Å². The molecule has 0 fully saturated rings. The molecule has 0 spiro atoms. The van der Waals surface area contributed by atoms with Crippen LogP contribution in [0.1, 0.15) is 30.4 Å². The maximum absolute atomic E-state index is 11.4. The quantitative estimate of drug-likeness (QED) is 0.566. The molecule has 1 N–H and O–H groups in total. The van der Waals surface area contributed by atoms with Crippen LogP contribution >= 0.6 is 0 Å². The molecule has 0 saturated heterocycles. The second-order valence-corrected chi connectivity index (χ2v) is 4.15. The zero-order valence-corrected chi connectivity index (χ0v) is 9.62. The van der Waals surface area contributed by atoms with E-state index in [9.17, 15) is 4.79 Å². The highest BCUT2D eigenvalue weighted by Gasteiger charge is 2.12. The number of allylic oxidation sites excluding steroid dienone is 1. The van der Waals surface area contributed by atoms with Crippen LogP contribution in [0.4, 0.5) is 0 Å². The molecule has 0 saturated carbocycles. The van der Waals surface area contributed by atoms with Crippen molar-refractivity contribution >= 4 is 11.5 Å². The average molecular weight is 215 g/mol. The van der Waals surface area contributed by atoms with Crippen molar-refractivity contribution in [3.63, 3.8) is 0 Å². The molecular formula is C14H17NO. The fourth-order valence-corrected chi connectivity index (χ4v) is 2.20. The van der Waals surface area contributed by atoms with Crippen LogP contribution in [0.5, 0.6) is 0 Å². The molecule has 1 amide bonds. The first-order valence-electron chi connectivity index (χ1n) is 5.82. The van der Waals surface area contributed by atoms with E-state index in [1.807, 2.05) is 6.07 Å². The van der Waals surface area contributed by atoms with Gasteiger partial charge in [0.05, 0.1) is 0 Å². The number of amides is 1. The number of fused-ring (bicyclic) bond motifs is 1. The zero-order valence-electron chi connectivity index (χ0n) is 9.62. The van der Waals surface area contributed by atoms with Crippen LogP contribution in [-0.2, 0) is 11.2 Å². The number of carbonyl (C=O) groups is 1. The lowest BCUT2D eigenvalue weighted by atomic mass is 9.98. The molecule has 2 heteroatoms. The predicted octanol–water partition coefficient (Wildman–Crippen LogP) is 2.54. The fraction of sp³-hybridized carbons (Fsp3) is 0.357. The molecule has 0 radical (unpaired) electrons. The highest BCUT2D eigenvalue weighted by Crippen LogP contribution is 2.29. The summed E-state index contributed by atoms with van der Waals surface area (Å²) < 4.78 is 0. The maximum Gasteiger partial charge on any atom is 0.244 e. The third-order valence-corrected chi connectivity index (χ3v) is 3.06. The minimum Gasteiger partial charge on any atom is -0.356 e. The number of benzene rings is 1.